The molecule has 2 aliphatic heterocycles. The van der Waals surface area contributed by atoms with E-state index in [4.69, 9.17) is 23.9 Å². The number of aliphatic imine (C=N–C) groups is 1. The number of ether oxygens (including phenoxy) is 4. The predicted molar refractivity (Wildman–Crippen MR) is 187 cm³/mol. The van der Waals surface area contributed by atoms with Gasteiger partial charge in [0.25, 0.3) is 5.66 Å². The number of amides is 5. The Hall–Kier alpha value is -4.84. The molecule has 18 heteroatoms. The summed E-state index contributed by atoms with van der Waals surface area (Å²) in [7, 11) is 0. The molecule has 0 bridgehead atoms. The SMILES string of the molecule is CC(C)OC(=O)NN(SC1=NC2(C(=O)N(c3ccccc3)N=C2c2ccc(Br)cc2)N(C(=O)OC(C)C)N1C(=O)OC(C)C)C(=O)OC(C)C. The molecule has 0 aromatic heterocycles. The lowest BCUT2D eigenvalue weighted by Crippen LogP contribution is -2.64. The van der Waals surface area contributed by atoms with Gasteiger partial charge in [0.1, 0.15) is 5.71 Å². The van der Waals surface area contributed by atoms with E-state index in [0.717, 1.165) is 5.01 Å². The van der Waals surface area contributed by atoms with Crippen molar-refractivity contribution in [1.29, 1.82) is 0 Å². The summed E-state index contributed by atoms with van der Waals surface area (Å²) in [6.07, 6.45) is -7.11. The molecule has 0 fully saturated rings. The highest BCUT2D eigenvalue weighted by Gasteiger charge is 2.67. The molecule has 4 rings (SSSR count). The van der Waals surface area contributed by atoms with Crippen molar-refractivity contribution in [1.82, 2.24) is 19.9 Å². The second-order valence-electron chi connectivity index (χ2n) is 11.8. The van der Waals surface area contributed by atoms with Gasteiger partial charge in [0.2, 0.25) is 5.17 Å². The number of anilines is 1. The van der Waals surface area contributed by atoms with Crippen LogP contribution in [0.1, 0.15) is 61.0 Å². The highest BCUT2D eigenvalue weighted by Crippen LogP contribution is 2.42. The van der Waals surface area contributed by atoms with Crippen LogP contribution in [0, 0.1) is 0 Å². The molecule has 2 heterocycles. The van der Waals surface area contributed by atoms with E-state index in [1.54, 1.807) is 110 Å². The Morgan fingerprint density at radius 2 is 1.36 bits per heavy atom. The average molecular weight is 777 g/mol. The van der Waals surface area contributed by atoms with Crippen LogP contribution in [0.25, 0.3) is 0 Å². The summed E-state index contributed by atoms with van der Waals surface area (Å²) in [5.41, 5.74) is 0.446. The van der Waals surface area contributed by atoms with E-state index in [0.29, 0.717) is 42.1 Å². The Labute approximate surface area is 301 Å². The molecule has 2 aromatic rings. The van der Waals surface area contributed by atoms with Crippen molar-refractivity contribution in [3.63, 3.8) is 0 Å². The van der Waals surface area contributed by atoms with Crippen LogP contribution < -0.4 is 10.4 Å². The number of carbonyl (C=O) groups excluding carboxylic acids is 5. The second-order valence-corrected chi connectivity index (χ2v) is 13.7. The number of benzene rings is 2. The van der Waals surface area contributed by atoms with Crippen molar-refractivity contribution in [2.45, 2.75) is 85.5 Å². The highest BCUT2D eigenvalue weighted by molar-refractivity contribution is 9.10. The first-order valence-corrected chi connectivity index (χ1v) is 17.1. The van der Waals surface area contributed by atoms with E-state index in [1.807, 2.05) is 0 Å². The van der Waals surface area contributed by atoms with Gasteiger partial charge >= 0.3 is 30.3 Å². The third kappa shape index (κ3) is 8.30. The first-order valence-electron chi connectivity index (χ1n) is 15.6. The van der Waals surface area contributed by atoms with Crippen molar-refractivity contribution in [3.05, 3.63) is 64.6 Å². The van der Waals surface area contributed by atoms with Gasteiger partial charge in [-0.3, -0.25) is 4.79 Å². The number of hydrazine groups is 2. The van der Waals surface area contributed by atoms with Crippen LogP contribution in [0.4, 0.5) is 24.9 Å². The summed E-state index contributed by atoms with van der Waals surface area (Å²) < 4.78 is 22.9. The first-order chi connectivity index (χ1) is 23.5. The topological polar surface area (TPSA) is 172 Å². The van der Waals surface area contributed by atoms with Crippen LogP contribution in [0.5, 0.6) is 0 Å². The zero-order valence-corrected chi connectivity index (χ0v) is 31.1. The summed E-state index contributed by atoms with van der Waals surface area (Å²) in [5.74, 6) is -0.872. The standard InChI is InChI=1S/C32H38BrN7O9S/c1-18(2)46-28(42)36-40(31(45)49-21(7)8)50-27-34-32(39(30(44)48-20(5)6)38(27)29(43)47-19(3)4)25(22-14-16-23(33)17-15-22)35-37(26(32)41)24-12-10-9-11-13-24/h9-21H,1-8H3,(H,36,42). The average Bonchev–Trinajstić information content (AvgIpc) is 3.50. The molecule has 0 saturated carbocycles. The fourth-order valence-electron chi connectivity index (χ4n) is 4.53. The van der Waals surface area contributed by atoms with Gasteiger partial charge in [0, 0.05) is 10.0 Å². The van der Waals surface area contributed by atoms with Crippen molar-refractivity contribution in [2.75, 3.05) is 5.01 Å². The Morgan fingerprint density at radius 1 is 0.800 bits per heavy atom. The van der Waals surface area contributed by atoms with E-state index >= 15 is 0 Å². The maximum Gasteiger partial charge on any atom is 0.440 e. The second kappa shape index (κ2) is 15.8. The van der Waals surface area contributed by atoms with Crippen LogP contribution in [-0.2, 0) is 23.7 Å². The Bertz CT molecular complexity index is 1670. The van der Waals surface area contributed by atoms with Crippen LogP contribution >= 0.6 is 27.9 Å². The van der Waals surface area contributed by atoms with Crippen molar-refractivity contribution in [2.24, 2.45) is 10.1 Å². The first kappa shape index (κ1) is 38.0. The van der Waals surface area contributed by atoms with Gasteiger partial charge in [-0.2, -0.15) is 20.1 Å². The molecular weight excluding hydrogens is 738 g/mol. The summed E-state index contributed by atoms with van der Waals surface area (Å²) in [6.45, 7) is 12.7. The fourth-order valence-corrected chi connectivity index (χ4v) is 5.60. The number of amidine groups is 1. The molecule has 2 aromatic carbocycles. The molecule has 0 saturated heterocycles. The minimum atomic E-state index is -2.43. The molecule has 5 amide bonds. The van der Waals surface area contributed by atoms with Gasteiger partial charge in [0.05, 0.1) is 42.1 Å². The van der Waals surface area contributed by atoms with E-state index in [2.05, 4.69) is 26.5 Å². The van der Waals surface area contributed by atoms with E-state index in [-0.39, 0.29) is 5.71 Å². The van der Waals surface area contributed by atoms with Crippen molar-refractivity contribution >= 4 is 74.7 Å². The maximum absolute atomic E-state index is 14.8. The highest BCUT2D eigenvalue weighted by atomic mass is 79.9. The maximum atomic E-state index is 14.8. The zero-order valence-electron chi connectivity index (χ0n) is 28.6. The van der Waals surface area contributed by atoms with Gasteiger partial charge in [0.15, 0.2) is 0 Å². The summed E-state index contributed by atoms with van der Waals surface area (Å²) in [6, 6.07) is 15.1. The van der Waals surface area contributed by atoms with Gasteiger partial charge < -0.3 is 18.9 Å². The normalized spacial score (nSPS) is 17.1. The van der Waals surface area contributed by atoms with Crippen molar-refractivity contribution in [3.8, 4) is 0 Å². The Kier molecular flexibility index (Phi) is 12.0. The molecule has 0 aliphatic carbocycles. The van der Waals surface area contributed by atoms with Crippen LogP contribution in [-0.4, -0.2) is 85.7 Å². The molecule has 1 N–H and O–H groups in total. The summed E-state index contributed by atoms with van der Waals surface area (Å²) in [4.78, 5) is 73.8. The monoisotopic (exact) mass is 775 g/mol. The minimum Gasteiger partial charge on any atom is -0.446 e. The van der Waals surface area contributed by atoms with E-state index < -0.39 is 65.5 Å². The number of halogens is 1. The minimum absolute atomic E-state index is 0.0685. The molecule has 268 valence electrons. The molecular formula is C32H38BrN7O9S. The number of carbonyl (C=O) groups is 5. The molecule has 1 spiro atoms. The van der Waals surface area contributed by atoms with Crippen LogP contribution in [0.2, 0.25) is 0 Å². The molecule has 50 heavy (non-hydrogen) atoms. The molecule has 2 aliphatic rings. The Morgan fingerprint density at radius 3 is 1.92 bits per heavy atom. The van der Waals surface area contributed by atoms with Gasteiger partial charge in [-0.1, -0.05) is 46.3 Å². The lowest BCUT2D eigenvalue weighted by molar-refractivity contribution is -0.128. The fraction of sp³-hybridized carbons (Fsp3) is 0.406. The lowest BCUT2D eigenvalue weighted by Gasteiger charge is -2.35. The largest absolute Gasteiger partial charge is 0.446 e. The van der Waals surface area contributed by atoms with Gasteiger partial charge in [-0.15, -0.1) is 4.41 Å². The number of nitrogens with one attached hydrogen (secondary N) is 1. The molecule has 1 atom stereocenters. The van der Waals surface area contributed by atoms with Gasteiger partial charge in [-0.25, -0.2) is 29.6 Å². The summed E-state index contributed by atoms with van der Waals surface area (Å²) in [5, 5.41) is 6.61. The number of hydrazone groups is 1. The number of hydrogen-bond acceptors (Lipinski definition) is 12. The molecule has 1 unspecified atom stereocenters. The smallest absolute Gasteiger partial charge is 0.440 e. The van der Waals surface area contributed by atoms with Crippen LogP contribution in [0.3, 0.4) is 0 Å². The predicted octanol–water partition coefficient (Wildman–Crippen LogP) is 6.42. The molecule has 16 nitrogen and oxygen atoms in total. The number of hydrogen-bond donors (Lipinski definition) is 1. The van der Waals surface area contributed by atoms with E-state index in [9.17, 15) is 24.0 Å². The third-order valence-electron chi connectivity index (χ3n) is 6.31. The summed E-state index contributed by atoms with van der Waals surface area (Å²) >= 11 is 3.77. The third-order valence-corrected chi connectivity index (χ3v) is 7.69. The number of rotatable bonds is 6. The number of para-hydroxylation sites is 1. The quantitative estimate of drug-likeness (QED) is 0.196. The molecule has 0 radical (unpaired) electrons. The Balaban J connectivity index is 2.00. The number of nitrogens with zero attached hydrogens (tertiary/aromatic N) is 6. The lowest BCUT2D eigenvalue weighted by atomic mass is 9.97. The van der Waals surface area contributed by atoms with Crippen LogP contribution in [0.15, 0.2) is 69.2 Å². The zero-order chi connectivity index (χ0) is 36.9. The van der Waals surface area contributed by atoms with Crippen molar-refractivity contribution < 1.29 is 42.9 Å². The van der Waals surface area contributed by atoms with Gasteiger partial charge in [-0.05, 0) is 79.7 Å². The van der Waals surface area contributed by atoms with E-state index in [1.165, 1.54) is 0 Å².